The van der Waals surface area contributed by atoms with Gasteiger partial charge in [-0.25, -0.2) is 0 Å². The Morgan fingerprint density at radius 1 is 1.36 bits per heavy atom. The Labute approximate surface area is 94.0 Å². The number of nitrogens with two attached hydrogens (primary N) is 1. The van der Waals surface area contributed by atoms with Gasteiger partial charge in [0.05, 0.1) is 0 Å². The molecule has 0 aromatic heterocycles. The Balaban J connectivity index is 2.65. The number of halogens is 1. The molecule has 1 rings (SSSR count). The van der Waals surface area contributed by atoms with Crippen LogP contribution in [0.4, 0.5) is 5.69 Å². The van der Waals surface area contributed by atoms with Gasteiger partial charge in [-0.05, 0) is 54.4 Å². The van der Waals surface area contributed by atoms with Gasteiger partial charge in [-0.3, -0.25) is 0 Å². The van der Waals surface area contributed by atoms with Crippen molar-refractivity contribution in [3.8, 4) is 0 Å². The fourth-order valence-corrected chi connectivity index (χ4v) is 1.32. The van der Waals surface area contributed by atoms with Gasteiger partial charge in [0.2, 0.25) is 0 Å². The van der Waals surface area contributed by atoms with Gasteiger partial charge in [-0.15, -0.1) is 0 Å². The van der Waals surface area contributed by atoms with Crippen LogP contribution in [0.25, 0.3) is 0 Å². The zero-order chi connectivity index (χ0) is 10.8. The van der Waals surface area contributed by atoms with E-state index >= 15 is 0 Å². The predicted molar refractivity (Wildman–Crippen MR) is 65.1 cm³/mol. The van der Waals surface area contributed by atoms with Crippen LogP contribution >= 0.6 is 15.9 Å². The average molecular weight is 257 g/mol. The summed E-state index contributed by atoms with van der Waals surface area (Å²) < 4.78 is 0.956. The van der Waals surface area contributed by atoms with Gasteiger partial charge in [0.15, 0.2) is 0 Å². The van der Waals surface area contributed by atoms with Crippen molar-refractivity contribution in [1.29, 1.82) is 0 Å². The molecule has 0 fully saturated rings. The summed E-state index contributed by atoms with van der Waals surface area (Å²) in [5, 5.41) is 3.41. The molecule has 1 aromatic carbocycles. The van der Waals surface area contributed by atoms with Crippen LogP contribution in [0, 0.1) is 0 Å². The summed E-state index contributed by atoms with van der Waals surface area (Å²) in [6, 6.07) is 6.04. The highest BCUT2D eigenvalue weighted by Crippen LogP contribution is 2.20. The highest BCUT2D eigenvalue weighted by molar-refractivity contribution is 9.10. The summed E-state index contributed by atoms with van der Waals surface area (Å²) in [6.07, 6.45) is 0. The molecule has 0 aliphatic heterocycles. The van der Waals surface area contributed by atoms with E-state index in [0.29, 0.717) is 0 Å². The molecule has 2 nitrogen and oxygen atoms in total. The number of hydrogen-bond donors (Lipinski definition) is 2. The fraction of sp³-hybridized carbons (Fsp3) is 0.455. The maximum atomic E-state index is 5.79. The first-order valence-corrected chi connectivity index (χ1v) is 5.47. The second-order valence-electron chi connectivity index (χ2n) is 4.46. The summed E-state index contributed by atoms with van der Waals surface area (Å²) in [4.78, 5) is 0. The normalized spacial score (nSPS) is 11.7. The third-order valence-corrected chi connectivity index (χ3v) is 2.61. The number of rotatable bonds is 2. The molecule has 3 N–H and O–H groups in total. The molecule has 14 heavy (non-hydrogen) atoms. The van der Waals surface area contributed by atoms with E-state index in [1.54, 1.807) is 0 Å². The summed E-state index contributed by atoms with van der Waals surface area (Å²) in [7, 11) is 0. The first kappa shape index (κ1) is 11.5. The van der Waals surface area contributed by atoms with Crippen LogP contribution in [0.15, 0.2) is 22.7 Å². The van der Waals surface area contributed by atoms with Gasteiger partial charge >= 0.3 is 0 Å². The monoisotopic (exact) mass is 256 g/mol. The zero-order valence-electron chi connectivity index (χ0n) is 8.89. The smallest absolute Gasteiger partial charge is 0.0461 e. The lowest BCUT2D eigenvalue weighted by molar-refractivity contribution is 0.424. The first-order chi connectivity index (χ1) is 6.38. The molecule has 0 heterocycles. The SMILES string of the molecule is CC(C)(C)NCc1ccc(Br)c(N)c1. The molecule has 0 saturated heterocycles. The van der Waals surface area contributed by atoms with Gasteiger partial charge in [0.25, 0.3) is 0 Å². The number of anilines is 1. The lowest BCUT2D eigenvalue weighted by atomic mass is 10.1. The van der Waals surface area contributed by atoms with E-state index < -0.39 is 0 Å². The molecule has 0 atom stereocenters. The number of benzene rings is 1. The molecule has 0 aliphatic carbocycles. The summed E-state index contributed by atoms with van der Waals surface area (Å²) in [6.45, 7) is 7.29. The Bertz CT molecular complexity index is 316. The van der Waals surface area contributed by atoms with E-state index in [2.05, 4.69) is 48.1 Å². The lowest BCUT2D eigenvalue weighted by Crippen LogP contribution is -2.35. The maximum Gasteiger partial charge on any atom is 0.0461 e. The molecule has 3 heteroatoms. The first-order valence-electron chi connectivity index (χ1n) is 4.67. The van der Waals surface area contributed by atoms with Gasteiger partial charge < -0.3 is 11.1 Å². The Morgan fingerprint density at radius 3 is 2.50 bits per heavy atom. The van der Waals surface area contributed by atoms with Crippen LogP contribution < -0.4 is 11.1 Å². The standard InChI is InChI=1S/C11H17BrN2/c1-11(2,3)14-7-8-4-5-9(12)10(13)6-8/h4-6,14H,7,13H2,1-3H3. The molecule has 0 unspecified atom stereocenters. The van der Waals surface area contributed by atoms with Crippen LogP contribution in [-0.4, -0.2) is 5.54 Å². The van der Waals surface area contributed by atoms with Gasteiger partial charge in [-0.1, -0.05) is 6.07 Å². The zero-order valence-corrected chi connectivity index (χ0v) is 10.5. The fourth-order valence-electron chi connectivity index (χ4n) is 1.07. The van der Waals surface area contributed by atoms with E-state index in [4.69, 9.17) is 5.73 Å². The highest BCUT2D eigenvalue weighted by atomic mass is 79.9. The van der Waals surface area contributed by atoms with E-state index in [-0.39, 0.29) is 5.54 Å². The van der Waals surface area contributed by atoms with Crippen molar-refractivity contribution in [3.63, 3.8) is 0 Å². The average Bonchev–Trinajstić information content (AvgIpc) is 2.06. The van der Waals surface area contributed by atoms with Gasteiger partial charge in [0.1, 0.15) is 0 Å². The van der Waals surface area contributed by atoms with Crippen LogP contribution in [-0.2, 0) is 6.54 Å². The van der Waals surface area contributed by atoms with Crippen LogP contribution in [0.1, 0.15) is 26.3 Å². The van der Waals surface area contributed by atoms with Gasteiger partial charge in [0, 0.05) is 22.2 Å². The predicted octanol–water partition coefficient (Wildman–Crippen LogP) is 2.92. The van der Waals surface area contributed by atoms with E-state index in [0.717, 1.165) is 16.7 Å². The molecule has 0 saturated carbocycles. The summed E-state index contributed by atoms with van der Waals surface area (Å²) in [5.41, 5.74) is 7.92. The topological polar surface area (TPSA) is 38.0 Å². The molecule has 0 bridgehead atoms. The minimum absolute atomic E-state index is 0.141. The number of hydrogen-bond acceptors (Lipinski definition) is 2. The van der Waals surface area contributed by atoms with Crippen molar-refractivity contribution >= 4 is 21.6 Å². The third kappa shape index (κ3) is 3.68. The minimum atomic E-state index is 0.141. The second kappa shape index (κ2) is 4.32. The molecule has 0 amide bonds. The molecular formula is C11H17BrN2. The van der Waals surface area contributed by atoms with E-state index in [1.165, 1.54) is 5.56 Å². The summed E-state index contributed by atoms with van der Waals surface area (Å²) in [5.74, 6) is 0. The lowest BCUT2D eigenvalue weighted by Gasteiger charge is -2.20. The highest BCUT2D eigenvalue weighted by Gasteiger charge is 2.08. The Hall–Kier alpha value is -0.540. The minimum Gasteiger partial charge on any atom is -0.398 e. The van der Waals surface area contributed by atoms with Crippen molar-refractivity contribution in [2.75, 3.05) is 5.73 Å². The van der Waals surface area contributed by atoms with Crippen molar-refractivity contribution in [1.82, 2.24) is 5.32 Å². The Morgan fingerprint density at radius 2 is 2.00 bits per heavy atom. The van der Waals surface area contributed by atoms with Gasteiger partial charge in [-0.2, -0.15) is 0 Å². The summed E-state index contributed by atoms with van der Waals surface area (Å²) >= 11 is 3.37. The van der Waals surface area contributed by atoms with Crippen molar-refractivity contribution in [2.45, 2.75) is 32.9 Å². The maximum absolute atomic E-state index is 5.79. The van der Waals surface area contributed by atoms with Crippen molar-refractivity contribution < 1.29 is 0 Å². The molecule has 0 spiro atoms. The third-order valence-electron chi connectivity index (χ3n) is 1.88. The molecular weight excluding hydrogens is 240 g/mol. The van der Waals surface area contributed by atoms with E-state index in [9.17, 15) is 0 Å². The van der Waals surface area contributed by atoms with Crippen LogP contribution in [0.5, 0.6) is 0 Å². The Kier molecular flexibility index (Phi) is 3.56. The van der Waals surface area contributed by atoms with Crippen molar-refractivity contribution in [2.24, 2.45) is 0 Å². The number of nitrogens with one attached hydrogen (secondary N) is 1. The second-order valence-corrected chi connectivity index (χ2v) is 5.31. The quantitative estimate of drug-likeness (QED) is 0.799. The molecule has 0 radical (unpaired) electrons. The molecule has 0 aliphatic rings. The number of nitrogen functional groups attached to an aromatic ring is 1. The van der Waals surface area contributed by atoms with Crippen molar-refractivity contribution in [3.05, 3.63) is 28.2 Å². The molecule has 1 aromatic rings. The largest absolute Gasteiger partial charge is 0.398 e. The van der Waals surface area contributed by atoms with E-state index in [1.807, 2.05) is 12.1 Å². The van der Waals surface area contributed by atoms with Crippen LogP contribution in [0.3, 0.4) is 0 Å². The van der Waals surface area contributed by atoms with Crippen LogP contribution in [0.2, 0.25) is 0 Å². The molecule has 78 valence electrons.